The summed E-state index contributed by atoms with van der Waals surface area (Å²) in [7, 11) is 0. The summed E-state index contributed by atoms with van der Waals surface area (Å²) in [4.78, 5) is 0. The maximum absolute atomic E-state index is 7.14. The molecule has 0 heterocycles. The van der Waals surface area contributed by atoms with Gasteiger partial charge >= 0.3 is 0 Å². The van der Waals surface area contributed by atoms with Crippen molar-refractivity contribution in [3.8, 4) is 0 Å². The van der Waals surface area contributed by atoms with E-state index in [9.17, 15) is 0 Å². The first kappa shape index (κ1) is 41.2. The fourth-order valence-electron chi connectivity index (χ4n) is 7.71. The Hall–Kier alpha value is -3.98. The number of hydrogen-bond donors (Lipinski definition) is 0. The van der Waals surface area contributed by atoms with Crippen LogP contribution >= 0.6 is 0 Å². The van der Waals surface area contributed by atoms with Crippen molar-refractivity contribution >= 4 is 0 Å². The molecule has 0 saturated carbocycles. The number of benzene rings is 5. The average Bonchev–Trinajstić information content (AvgIpc) is 3.12. The topological polar surface area (TPSA) is 18.5 Å². The standard InChI is InChI=1S/C52H66O2/c1-15-53-51(41-28-20-37(21-29-41)47(3,4)5,42-30-22-38(23-31-42)48(6,7)8)45-18-17-19-46(36-45)52(54-16-2,43-32-24-39(25-33-43)49(9,10)11)44-34-26-40(27-35-44)50(12,13)14/h17-36H,15-16H2,1-14H3. The summed E-state index contributed by atoms with van der Waals surface area (Å²) in [5.74, 6) is 0. The molecule has 286 valence electrons. The molecule has 2 heteroatoms. The van der Waals surface area contributed by atoms with Crippen molar-refractivity contribution < 1.29 is 9.47 Å². The Bertz CT molecular complexity index is 1710. The summed E-state index contributed by atoms with van der Waals surface area (Å²) in [6.45, 7) is 32.5. The first-order chi connectivity index (χ1) is 25.2. The molecule has 5 rings (SSSR count). The van der Waals surface area contributed by atoms with Crippen LogP contribution in [0.1, 0.15) is 153 Å². The van der Waals surface area contributed by atoms with Gasteiger partial charge in [0.05, 0.1) is 0 Å². The van der Waals surface area contributed by atoms with Gasteiger partial charge in [0, 0.05) is 13.2 Å². The second-order valence-corrected chi connectivity index (χ2v) is 19.1. The minimum atomic E-state index is -0.873. The van der Waals surface area contributed by atoms with Gasteiger partial charge in [-0.2, -0.15) is 0 Å². The zero-order valence-corrected chi connectivity index (χ0v) is 35.8. The van der Waals surface area contributed by atoms with E-state index in [1.54, 1.807) is 0 Å². The van der Waals surface area contributed by atoms with Gasteiger partial charge in [0.25, 0.3) is 0 Å². The van der Waals surface area contributed by atoms with Crippen molar-refractivity contribution in [2.75, 3.05) is 13.2 Å². The Morgan fingerprint density at radius 2 is 0.500 bits per heavy atom. The van der Waals surface area contributed by atoms with E-state index in [2.05, 4.69) is 218 Å². The molecule has 0 unspecified atom stereocenters. The molecule has 2 nitrogen and oxygen atoms in total. The van der Waals surface area contributed by atoms with Crippen molar-refractivity contribution in [1.29, 1.82) is 0 Å². The molecule has 5 aromatic rings. The highest BCUT2D eigenvalue weighted by Crippen LogP contribution is 2.47. The van der Waals surface area contributed by atoms with Crippen molar-refractivity contribution in [1.82, 2.24) is 0 Å². The van der Waals surface area contributed by atoms with Crippen molar-refractivity contribution in [2.24, 2.45) is 0 Å². The zero-order valence-electron chi connectivity index (χ0n) is 35.8. The van der Waals surface area contributed by atoms with Crippen molar-refractivity contribution in [3.05, 3.63) is 177 Å². The van der Waals surface area contributed by atoms with Crippen LogP contribution in [0.4, 0.5) is 0 Å². The summed E-state index contributed by atoms with van der Waals surface area (Å²) < 4.78 is 14.3. The lowest BCUT2D eigenvalue weighted by Gasteiger charge is -2.39. The number of hydrogen-bond acceptors (Lipinski definition) is 2. The minimum absolute atomic E-state index is 0.0310. The van der Waals surface area contributed by atoms with Crippen LogP contribution in [0.15, 0.2) is 121 Å². The van der Waals surface area contributed by atoms with Crippen LogP contribution < -0.4 is 0 Å². The van der Waals surface area contributed by atoms with Gasteiger partial charge in [-0.3, -0.25) is 0 Å². The lowest BCUT2D eigenvalue weighted by molar-refractivity contribution is 0.0165. The Kier molecular flexibility index (Phi) is 11.7. The first-order valence-corrected chi connectivity index (χ1v) is 20.0. The summed E-state index contributed by atoms with van der Waals surface area (Å²) in [6, 6.07) is 45.3. The molecule has 0 aliphatic carbocycles. The molecule has 0 aliphatic heterocycles. The first-order valence-electron chi connectivity index (χ1n) is 20.0. The van der Waals surface area contributed by atoms with Crippen LogP contribution in [-0.4, -0.2) is 13.2 Å². The smallest absolute Gasteiger partial charge is 0.143 e. The van der Waals surface area contributed by atoms with E-state index in [1.807, 2.05) is 0 Å². The molecule has 0 fully saturated rings. The maximum Gasteiger partial charge on any atom is 0.143 e. The highest BCUT2D eigenvalue weighted by atomic mass is 16.5. The van der Waals surface area contributed by atoms with Crippen LogP contribution in [-0.2, 0) is 42.3 Å². The molecule has 0 amide bonds. The fourth-order valence-corrected chi connectivity index (χ4v) is 7.71. The Balaban J connectivity index is 1.85. The zero-order chi connectivity index (χ0) is 39.7. The van der Waals surface area contributed by atoms with Gasteiger partial charge in [0.15, 0.2) is 0 Å². The Labute approximate surface area is 328 Å². The van der Waals surface area contributed by atoms with Crippen LogP contribution in [0.25, 0.3) is 0 Å². The van der Waals surface area contributed by atoms with Crippen molar-refractivity contribution in [2.45, 2.75) is 130 Å². The van der Waals surface area contributed by atoms with E-state index in [4.69, 9.17) is 9.47 Å². The summed E-state index contributed by atoms with van der Waals surface area (Å²) >= 11 is 0. The van der Waals surface area contributed by atoms with Crippen LogP contribution in [0, 0.1) is 0 Å². The molecule has 0 aliphatic rings. The third kappa shape index (κ3) is 8.17. The predicted molar refractivity (Wildman–Crippen MR) is 230 cm³/mol. The van der Waals surface area contributed by atoms with E-state index in [1.165, 1.54) is 22.3 Å². The summed E-state index contributed by atoms with van der Waals surface area (Å²) in [6.07, 6.45) is 0. The lowest BCUT2D eigenvalue weighted by Crippen LogP contribution is -2.36. The third-order valence-corrected chi connectivity index (χ3v) is 11.0. The largest absolute Gasteiger partial charge is 0.361 e. The molecule has 0 atom stereocenters. The monoisotopic (exact) mass is 723 g/mol. The molecule has 0 bridgehead atoms. The highest BCUT2D eigenvalue weighted by molar-refractivity contribution is 5.55. The van der Waals surface area contributed by atoms with Gasteiger partial charge in [-0.05, 0) is 97.2 Å². The van der Waals surface area contributed by atoms with Gasteiger partial charge in [0.2, 0.25) is 0 Å². The molecule has 54 heavy (non-hydrogen) atoms. The Morgan fingerprint density at radius 1 is 0.296 bits per heavy atom. The summed E-state index contributed by atoms with van der Waals surface area (Å²) in [5, 5.41) is 0. The average molecular weight is 723 g/mol. The van der Waals surface area contributed by atoms with Gasteiger partial charge < -0.3 is 9.47 Å². The molecule has 0 radical (unpaired) electrons. The van der Waals surface area contributed by atoms with Gasteiger partial charge in [-0.25, -0.2) is 0 Å². The maximum atomic E-state index is 7.14. The minimum Gasteiger partial charge on any atom is -0.361 e. The second-order valence-electron chi connectivity index (χ2n) is 19.1. The second kappa shape index (κ2) is 15.3. The lowest BCUT2D eigenvalue weighted by atomic mass is 9.74. The Morgan fingerprint density at radius 3 is 0.685 bits per heavy atom. The molecule has 5 aromatic carbocycles. The SMILES string of the molecule is CCOC(c1ccc(C(C)(C)C)cc1)(c1ccc(C(C)(C)C)cc1)c1cccc(C(OCC)(c2ccc(C(C)(C)C)cc2)c2ccc(C(C)(C)C)cc2)c1. The number of ether oxygens (including phenoxy) is 2. The third-order valence-electron chi connectivity index (χ3n) is 11.0. The normalized spacial score (nSPS) is 13.3. The van der Waals surface area contributed by atoms with E-state index in [0.717, 1.165) is 33.4 Å². The number of rotatable bonds is 10. The van der Waals surface area contributed by atoms with Gasteiger partial charge in [0.1, 0.15) is 11.2 Å². The predicted octanol–water partition coefficient (Wildman–Crippen LogP) is 13.5. The van der Waals surface area contributed by atoms with Crippen LogP contribution in [0.2, 0.25) is 0 Å². The fraction of sp³-hybridized carbons (Fsp3) is 0.423. The molecular formula is C52H66O2. The molecule has 0 aromatic heterocycles. The van der Waals surface area contributed by atoms with Crippen LogP contribution in [0.3, 0.4) is 0 Å². The summed E-state index contributed by atoms with van der Waals surface area (Å²) in [5.41, 5.74) is 10.1. The molecule has 0 saturated heterocycles. The van der Waals surface area contributed by atoms with E-state index in [-0.39, 0.29) is 21.7 Å². The van der Waals surface area contributed by atoms with Crippen LogP contribution in [0.5, 0.6) is 0 Å². The van der Waals surface area contributed by atoms with Gasteiger partial charge in [-0.15, -0.1) is 0 Å². The quantitative estimate of drug-likeness (QED) is 0.134. The van der Waals surface area contributed by atoms with Gasteiger partial charge in [-0.1, -0.05) is 198 Å². The van der Waals surface area contributed by atoms with Crippen molar-refractivity contribution in [3.63, 3.8) is 0 Å². The molecule has 0 spiro atoms. The van der Waals surface area contributed by atoms with E-state index < -0.39 is 11.2 Å². The molecule has 0 N–H and O–H groups in total. The van der Waals surface area contributed by atoms with E-state index in [0.29, 0.717) is 13.2 Å². The molecular weight excluding hydrogens is 657 g/mol. The van der Waals surface area contributed by atoms with E-state index >= 15 is 0 Å². The highest BCUT2D eigenvalue weighted by Gasteiger charge is 2.42.